The van der Waals surface area contributed by atoms with E-state index in [2.05, 4.69) is 10.1 Å². The van der Waals surface area contributed by atoms with Crippen LogP contribution in [0.25, 0.3) is 6.08 Å². The number of allylic oxidation sites excluding steroid dienone is 1. The second-order valence-corrected chi connectivity index (χ2v) is 3.27. The number of carbonyl (C=O) groups is 1. The predicted octanol–water partition coefficient (Wildman–Crippen LogP) is 1.35. The molecule has 0 aliphatic rings. The van der Waals surface area contributed by atoms with Crippen LogP contribution in [0.1, 0.15) is 10.4 Å². The highest BCUT2D eigenvalue weighted by molar-refractivity contribution is 5.92. The van der Waals surface area contributed by atoms with Crippen molar-refractivity contribution in [3.8, 4) is 0 Å². The summed E-state index contributed by atoms with van der Waals surface area (Å²) in [4.78, 5) is 15.2. The van der Waals surface area contributed by atoms with E-state index < -0.39 is 0 Å². The molecule has 1 aromatic carbocycles. The zero-order chi connectivity index (χ0) is 12.3. The Morgan fingerprint density at radius 3 is 2.65 bits per heavy atom. The van der Waals surface area contributed by atoms with Gasteiger partial charge in [0.25, 0.3) is 5.91 Å². The minimum atomic E-state index is -0.376. The normalized spacial score (nSPS) is 10.9. The quantitative estimate of drug-likeness (QED) is 0.793. The van der Waals surface area contributed by atoms with E-state index in [0.29, 0.717) is 5.56 Å². The summed E-state index contributed by atoms with van der Waals surface area (Å²) in [5.41, 5.74) is 5.99. The molecule has 86 valence electrons. The van der Waals surface area contributed by atoms with E-state index in [1.54, 1.807) is 18.2 Å². The second-order valence-electron chi connectivity index (χ2n) is 3.27. The predicted molar refractivity (Wildman–Crippen MR) is 60.5 cm³/mol. The van der Waals surface area contributed by atoms with Crippen molar-refractivity contribution in [2.75, 3.05) is 5.73 Å². The molecule has 0 radical (unpaired) electrons. The molecule has 0 saturated heterocycles. The van der Waals surface area contributed by atoms with E-state index in [0.717, 1.165) is 4.68 Å². The van der Waals surface area contributed by atoms with Crippen molar-refractivity contribution in [1.29, 1.82) is 0 Å². The van der Waals surface area contributed by atoms with Gasteiger partial charge in [-0.3, -0.25) is 4.79 Å². The van der Waals surface area contributed by atoms with Crippen LogP contribution in [0.4, 0.5) is 10.3 Å². The second kappa shape index (κ2) is 4.56. The van der Waals surface area contributed by atoms with Gasteiger partial charge in [0.05, 0.1) is 0 Å². The molecule has 1 heterocycles. The summed E-state index contributed by atoms with van der Waals surface area (Å²) >= 11 is 0. The van der Waals surface area contributed by atoms with Crippen molar-refractivity contribution < 1.29 is 9.18 Å². The van der Waals surface area contributed by atoms with Gasteiger partial charge in [-0.2, -0.15) is 4.68 Å². The average Bonchev–Trinajstić information content (AvgIpc) is 2.75. The molecule has 0 atom stereocenters. The van der Waals surface area contributed by atoms with Crippen molar-refractivity contribution in [3.05, 3.63) is 48.0 Å². The molecule has 0 unspecified atom stereocenters. The standard InChI is InChI=1S/C11H9FN4O/c12-9-4-1-8(2-5-9)3-6-10(17)16-7-14-11(13)15-16/h1-7H,(H2,13,15)/b6-3+. The third-order valence-electron chi connectivity index (χ3n) is 2.02. The Kier molecular flexibility index (Phi) is 2.95. The van der Waals surface area contributed by atoms with Crippen LogP contribution in [-0.4, -0.2) is 20.7 Å². The summed E-state index contributed by atoms with van der Waals surface area (Å²) in [5, 5.41) is 3.66. The minimum Gasteiger partial charge on any atom is -0.366 e. The number of hydrogen-bond donors (Lipinski definition) is 1. The number of nitrogens with zero attached hydrogens (tertiary/aromatic N) is 3. The molecule has 0 spiro atoms. The van der Waals surface area contributed by atoms with Crippen molar-refractivity contribution >= 4 is 17.9 Å². The highest BCUT2D eigenvalue weighted by Crippen LogP contribution is 2.04. The van der Waals surface area contributed by atoms with Gasteiger partial charge in [0.1, 0.15) is 12.1 Å². The van der Waals surface area contributed by atoms with E-state index >= 15 is 0 Å². The molecular weight excluding hydrogens is 223 g/mol. The molecular formula is C11H9FN4O. The number of aromatic nitrogens is 3. The summed E-state index contributed by atoms with van der Waals surface area (Å²) in [7, 11) is 0. The van der Waals surface area contributed by atoms with Gasteiger partial charge in [-0.15, -0.1) is 5.10 Å². The first-order chi connectivity index (χ1) is 8.15. The van der Waals surface area contributed by atoms with Crippen LogP contribution in [0, 0.1) is 5.82 Å². The first-order valence-corrected chi connectivity index (χ1v) is 4.80. The van der Waals surface area contributed by atoms with E-state index in [4.69, 9.17) is 5.73 Å². The molecule has 2 N–H and O–H groups in total. The van der Waals surface area contributed by atoms with E-state index in [9.17, 15) is 9.18 Å². The number of hydrogen-bond acceptors (Lipinski definition) is 4. The monoisotopic (exact) mass is 232 g/mol. The first kappa shape index (κ1) is 11.0. The lowest BCUT2D eigenvalue weighted by molar-refractivity contribution is 0.0955. The van der Waals surface area contributed by atoms with E-state index in [1.807, 2.05) is 0 Å². The molecule has 0 bridgehead atoms. The highest BCUT2D eigenvalue weighted by atomic mass is 19.1. The van der Waals surface area contributed by atoms with Gasteiger partial charge in [0.15, 0.2) is 0 Å². The number of carbonyl (C=O) groups excluding carboxylic acids is 1. The Balaban J connectivity index is 2.10. The molecule has 5 nitrogen and oxygen atoms in total. The molecule has 6 heteroatoms. The Morgan fingerprint density at radius 1 is 1.35 bits per heavy atom. The number of nitrogens with two attached hydrogens (primary N) is 1. The van der Waals surface area contributed by atoms with Crippen molar-refractivity contribution in [2.24, 2.45) is 0 Å². The van der Waals surface area contributed by atoms with Crippen molar-refractivity contribution in [2.45, 2.75) is 0 Å². The van der Waals surface area contributed by atoms with Crippen LogP contribution in [0.2, 0.25) is 0 Å². The molecule has 0 aliphatic carbocycles. The molecule has 1 aromatic heterocycles. The van der Waals surface area contributed by atoms with Gasteiger partial charge in [0, 0.05) is 6.08 Å². The molecule has 2 rings (SSSR count). The summed E-state index contributed by atoms with van der Waals surface area (Å²) in [6.07, 6.45) is 4.09. The van der Waals surface area contributed by atoms with Crippen molar-refractivity contribution in [1.82, 2.24) is 14.8 Å². The number of benzene rings is 1. The average molecular weight is 232 g/mol. The molecule has 0 amide bonds. The maximum absolute atomic E-state index is 12.6. The fourth-order valence-electron chi connectivity index (χ4n) is 1.20. The maximum Gasteiger partial charge on any atom is 0.272 e. The molecule has 0 aliphatic heterocycles. The summed E-state index contributed by atoms with van der Waals surface area (Å²) < 4.78 is 13.6. The highest BCUT2D eigenvalue weighted by Gasteiger charge is 2.02. The minimum absolute atomic E-state index is 0.0357. The Bertz CT molecular complexity index is 559. The first-order valence-electron chi connectivity index (χ1n) is 4.80. The largest absolute Gasteiger partial charge is 0.366 e. The summed E-state index contributed by atoms with van der Waals surface area (Å²) in [6, 6.07) is 5.76. The molecule has 0 fully saturated rings. The Hall–Kier alpha value is -2.50. The number of rotatable bonds is 2. The van der Waals surface area contributed by atoms with Gasteiger partial charge < -0.3 is 5.73 Å². The fourth-order valence-corrected chi connectivity index (χ4v) is 1.20. The van der Waals surface area contributed by atoms with Gasteiger partial charge in [-0.1, -0.05) is 12.1 Å². The van der Waals surface area contributed by atoms with Gasteiger partial charge >= 0.3 is 0 Å². The van der Waals surface area contributed by atoms with Crippen LogP contribution in [-0.2, 0) is 0 Å². The van der Waals surface area contributed by atoms with Crippen LogP contribution in [0.15, 0.2) is 36.7 Å². The number of nitrogen functional groups attached to an aromatic ring is 1. The van der Waals surface area contributed by atoms with Gasteiger partial charge in [-0.05, 0) is 23.8 Å². The SMILES string of the molecule is Nc1ncn(C(=O)/C=C/c2ccc(F)cc2)n1. The third kappa shape index (κ3) is 2.75. The van der Waals surface area contributed by atoms with Crippen molar-refractivity contribution in [3.63, 3.8) is 0 Å². The van der Waals surface area contributed by atoms with Gasteiger partial charge in [0.2, 0.25) is 5.95 Å². The lowest BCUT2D eigenvalue weighted by atomic mass is 10.2. The zero-order valence-corrected chi connectivity index (χ0v) is 8.75. The number of anilines is 1. The molecule has 2 aromatic rings. The molecule has 17 heavy (non-hydrogen) atoms. The Labute approximate surface area is 96.4 Å². The zero-order valence-electron chi connectivity index (χ0n) is 8.75. The third-order valence-corrected chi connectivity index (χ3v) is 2.02. The summed E-state index contributed by atoms with van der Waals surface area (Å²) in [6.45, 7) is 0. The molecule has 0 saturated carbocycles. The van der Waals surface area contributed by atoms with Crippen LogP contribution in [0.5, 0.6) is 0 Å². The Morgan fingerprint density at radius 2 is 2.06 bits per heavy atom. The van der Waals surface area contributed by atoms with Crippen LogP contribution < -0.4 is 5.73 Å². The van der Waals surface area contributed by atoms with Crippen LogP contribution >= 0.6 is 0 Å². The van der Waals surface area contributed by atoms with E-state index in [1.165, 1.54) is 24.5 Å². The smallest absolute Gasteiger partial charge is 0.272 e. The summed E-state index contributed by atoms with van der Waals surface area (Å²) in [5.74, 6) is -0.662. The lowest BCUT2D eigenvalue weighted by Gasteiger charge is -1.93. The fraction of sp³-hybridized carbons (Fsp3) is 0. The van der Waals surface area contributed by atoms with Gasteiger partial charge in [-0.25, -0.2) is 9.37 Å². The van der Waals surface area contributed by atoms with Crippen LogP contribution in [0.3, 0.4) is 0 Å². The maximum atomic E-state index is 12.6. The lowest BCUT2D eigenvalue weighted by Crippen LogP contribution is -2.08. The topological polar surface area (TPSA) is 73.8 Å². The number of halogens is 1. The van der Waals surface area contributed by atoms with E-state index in [-0.39, 0.29) is 17.7 Å².